The van der Waals surface area contributed by atoms with Crippen LogP contribution in [0.1, 0.15) is 49.0 Å². The van der Waals surface area contributed by atoms with Crippen LogP contribution in [0, 0.1) is 18.8 Å². The van der Waals surface area contributed by atoms with Gasteiger partial charge in [-0.3, -0.25) is 4.79 Å². The lowest BCUT2D eigenvalue weighted by Crippen LogP contribution is -2.45. The van der Waals surface area contributed by atoms with Gasteiger partial charge in [-0.25, -0.2) is 4.79 Å². The van der Waals surface area contributed by atoms with E-state index in [1.165, 1.54) is 6.42 Å². The van der Waals surface area contributed by atoms with E-state index in [1.54, 1.807) is 12.1 Å². The molecule has 22 heavy (non-hydrogen) atoms. The lowest BCUT2D eigenvalue weighted by Gasteiger charge is -2.34. The summed E-state index contributed by atoms with van der Waals surface area (Å²) in [5.74, 6) is 0.409. The topological polar surface area (TPSA) is 55.4 Å². The zero-order chi connectivity index (χ0) is 16.1. The van der Waals surface area contributed by atoms with Gasteiger partial charge in [0.2, 0.25) is 0 Å². The van der Waals surface area contributed by atoms with Gasteiger partial charge in [0, 0.05) is 6.04 Å². The van der Waals surface area contributed by atoms with Crippen molar-refractivity contribution < 1.29 is 14.3 Å². The van der Waals surface area contributed by atoms with Gasteiger partial charge in [0.25, 0.3) is 5.91 Å². The van der Waals surface area contributed by atoms with Crippen LogP contribution in [0.15, 0.2) is 24.3 Å². The number of carbonyl (C=O) groups is 2. The maximum absolute atomic E-state index is 12.0. The Morgan fingerprint density at radius 1 is 1.18 bits per heavy atom. The van der Waals surface area contributed by atoms with Crippen LogP contribution < -0.4 is 5.32 Å². The zero-order valence-electron chi connectivity index (χ0n) is 13.6. The smallest absolute Gasteiger partial charge is 0.338 e. The first kappa shape index (κ1) is 16.5. The summed E-state index contributed by atoms with van der Waals surface area (Å²) in [5.41, 5.74) is 1.55. The summed E-state index contributed by atoms with van der Waals surface area (Å²) in [6.07, 6.45) is 3.36. The fourth-order valence-corrected chi connectivity index (χ4v) is 2.94. The molecule has 120 valence electrons. The molecule has 0 aromatic heterocycles. The third kappa shape index (κ3) is 4.33. The molecule has 1 fully saturated rings. The van der Waals surface area contributed by atoms with Gasteiger partial charge >= 0.3 is 5.97 Å². The number of rotatable bonds is 4. The predicted octanol–water partition coefficient (Wildman–Crippen LogP) is 3.09. The van der Waals surface area contributed by atoms with Crippen molar-refractivity contribution in [1.82, 2.24) is 5.32 Å². The first-order valence-corrected chi connectivity index (χ1v) is 8.00. The van der Waals surface area contributed by atoms with Crippen LogP contribution in [-0.2, 0) is 9.53 Å². The van der Waals surface area contributed by atoms with Crippen molar-refractivity contribution in [2.24, 2.45) is 11.8 Å². The van der Waals surface area contributed by atoms with E-state index >= 15 is 0 Å². The fourth-order valence-electron chi connectivity index (χ4n) is 2.94. The summed E-state index contributed by atoms with van der Waals surface area (Å²) in [6, 6.07) is 7.30. The number of amides is 1. The van der Waals surface area contributed by atoms with E-state index in [9.17, 15) is 9.59 Å². The van der Waals surface area contributed by atoms with Crippen LogP contribution in [0.5, 0.6) is 0 Å². The van der Waals surface area contributed by atoms with Crippen LogP contribution in [-0.4, -0.2) is 24.5 Å². The number of esters is 1. The number of benzene rings is 1. The normalized spacial score (nSPS) is 24.6. The Hall–Kier alpha value is -1.84. The maximum Gasteiger partial charge on any atom is 0.338 e. The summed E-state index contributed by atoms with van der Waals surface area (Å²) in [5, 5.41) is 3.00. The second-order valence-electron chi connectivity index (χ2n) is 6.38. The number of hydrogen-bond donors (Lipinski definition) is 1. The van der Waals surface area contributed by atoms with E-state index in [4.69, 9.17) is 4.74 Å². The molecule has 0 aliphatic heterocycles. The molecule has 4 heteroatoms. The number of nitrogens with one attached hydrogen (secondary N) is 1. The molecule has 0 saturated heterocycles. The monoisotopic (exact) mass is 303 g/mol. The fraction of sp³-hybridized carbons (Fsp3) is 0.556. The summed E-state index contributed by atoms with van der Waals surface area (Å²) < 4.78 is 5.08. The first-order chi connectivity index (χ1) is 10.5. The molecule has 1 aliphatic carbocycles. The molecule has 1 aliphatic rings. The number of carbonyl (C=O) groups excluding carboxylic acids is 2. The minimum absolute atomic E-state index is 0.189. The maximum atomic E-state index is 12.0. The molecule has 1 amide bonds. The Morgan fingerprint density at radius 3 is 2.55 bits per heavy atom. The van der Waals surface area contributed by atoms with Gasteiger partial charge in [-0.1, -0.05) is 44.4 Å². The van der Waals surface area contributed by atoms with E-state index < -0.39 is 5.97 Å². The molecule has 0 radical (unpaired) electrons. The van der Waals surface area contributed by atoms with E-state index in [1.807, 2.05) is 19.1 Å². The van der Waals surface area contributed by atoms with Crippen molar-refractivity contribution in [1.29, 1.82) is 0 Å². The summed E-state index contributed by atoms with van der Waals surface area (Å²) in [4.78, 5) is 23.8. The number of hydrogen-bond acceptors (Lipinski definition) is 3. The Bertz CT molecular complexity index is 524. The van der Waals surface area contributed by atoms with Gasteiger partial charge in [-0.2, -0.15) is 0 Å². The van der Waals surface area contributed by atoms with E-state index in [0.29, 0.717) is 17.4 Å². The standard InChI is InChI=1S/C18H25NO3/c1-12-7-9-15(10-8-12)18(21)22-11-17(20)19-16-6-4-5-13(2)14(16)3/h7-10,13-14,16H,4-6,11H2,1-3H3,(H,19,20)/t13-,14+,16-/m0/s1. The molecule has 0 unspecified atom stereocenters. The van der Waals surface area contributed by atoms with Crippen LogP contribution in [0.25, 0.3) is 0 Å². The molecule has 1 N–H and O–H groups in total. The van der Waals surface area contributed by atoms with Gasteiger partial charge in [0.05, 0.1) is 5.56 Å². The highest BCUT2D eigenvalue weighted by Crippen LogP contribution is 2.29. The van der Waals surface area contributed by atoms with Gasteiger partial charge in [0.15, 0.2) is 6.61 Å². The highest BCUT2D eigenvalue weighted by atomic mass is 16.5. The van der Waals surface area contributed by atoms with Crippen molar-refractivity contribution in [3.63, 3.8) is 0 Å². The molecule has 1 aromatic rings. The van der Waals surface area contributed by atoms with Crippen LogP contribution >= 0.6 is 0 Å². The van der Waals surface area contributed by atoms with Crippen molar-refractivity contribution in [2.75, 3.05) is 6.61 Å². The van der Waals surface area contributed by atoms with Gasteiger partial charge in [-0.15, -0.1) is 0 Å². The van der Waals surface area contributed by atoms with E-state index in [2.05, 4.69) is 19.2 Å². The van der Waals surface area contributed by atoms with E-state index in [-0.39, 0.29) is 18.6 Å². The molecule has 2 rings (SSSR count). The second-order valence-corrected chi connectivity index (χ2v) is 6.38. The lowest BCUT2D eigenvalue weighted by atomic mass is 9.78. The van der Waals surface area contributed by atoms with Crippen molar-refractivity contribution in [2.45, 2.75) is 46.1 Å². The average Bonchev–Trinajstić information content (AvgIpc) is 2.50. The molecular weight excluding hydrogens is 278 g/mol. The average molecular weight is 303 g/mol. The molecule has 0 heterocycles. The van der Waals surface area contributed by atoms with Crippen molar-refractivity contribution in [3.05, 3.63) is 35.4 Å². The Morgan fingerprint density at radius 2 is 1.86 bits per heavy atom. The van der Waals surface area contributed by atoms with Crippen LogP contribution in [0.3, 0.4) is 0 Å². The highest BCUT2D eigenvalue weighted by Gasteiger charge is 2.28. The first-order valence-electron chi connectivity index (χ1n) is 8.00. The number of ether oxygens (including phenoxy) is 1. The molecular formula is C18H25NO3. The molecule has 1 saturated carbocycles. The molecule has 3 atom stereocenters. The molecule has 0 bridgehead atoms. The van der Waals surface area contributed by atoms with E-state index in [0.717, 1.165) is 18.4 Å². The second kappa shape index (κ2) is 7.43. The number of aryl methyl sites for hydroxylation is 1. The molecule has 1 aromatic carbocycles. The van der Waals surface area contributed by atoms with Crippen LogP contribution in [0.4, 0.5) is 0 Å². The zero-order valence-corrected chi connectivity index (χ0v) is 13.6. The van der Waals surface area contributed by atoms with Crippen LogP contribution in [0.2, 0.25) is 0 Å². The quantitative estimate of drug-likeness (QED) is 0.870. The minimum Gasteiger partial charge on any atom is -0.452 e. The summed E-state index contributed by atoms with van der Waals surface area (Å²) in [6.45, 7) is 6.13. The molecule has 4 nitrogen and oxygen atoms in total. The third-order valence-corrected chi connectivity index (χ3v) is 4.67. The third-order valence-electron chi connectivity index (χ3n) is 4.67. The predicted molar refractivity (Wildman–Crippen MR) is 85.6 cm³/mol. The largest absolute Gasteiger partial charge is 0.452 e. The van der Waals surface area contributed by atoms with Gasteiger partial charge in [0.1, 0.15) is 0 Å². The SMILES string of the molecule is Cc1ccc(C(=O)OCC(=O)N[C@H]2CCC[C@H](C)[C@H]2C)cc1. The summed E-state index contributed by atoms with van der Waals surface area (Å²) >= 11 is 0. The van der Waals surface area contributed by atoms with Gasteiger partial charge < -0.3 is 10.1 Å². The summed E-state index contributed by atoms with van der Waals surface area (Å²) in [7, 11) is 0. The molecule has 0 spiro atoms. The Balaban J connectivity index is 1.80. The Labute approximate surface area is 132 Å². The highest BCUT2D eigenvalue weighted by molar-refractivity contribution is 5.91. The van der Waals surface area contributed by atoms with Crippen molar-refractivity contribution >= 4 is 11.9 Å². The van der Waals surface area contributed by atoms with Gasteiger partial charge in [-0.05, 0) is 37.3 Å². The minimum atomic E-state index is -0.458. The van der Waals surface area contributed by atoms with Crippen molar-refractivity contribution in [3.8, 4) is 0 Å². The Kier molecular flexibility index (Phi) is 5.58. The lowest BCUT2D eigenvalue weighted by molar-refractivity contribution is -0.125.